The van der Waals surface area contributed by atoms with Gasteiger partial charge in [0.2, 0.25) is 0 Å². The van der Waals surface area contributed by atoms with Crippen molar-refractivity contribution in [2.24, 2.45) is 0 Å². The summed E-state index contributed by atoms with van der Waals surface area (Å²) in [6, 6.07) is 7.15. The van der Waals surface area contributed by atoms with Crippen LogP contribution >= 0.6 is 0 Å². The molecule has 0 aliphatic carbocycles. The van der Waals surface area contributed by atoms with Crippen LogP contribution in [-0.2, 0) is 12.8 Å². The van der Waals surface area contributed by atoms with E-state index in [1.165, 1.54) is 12.1 Å². The van der Waals surface area contributed by atoms with Crippen molar-refractivity contribution in [3.63, 3.8) is 0 Å². The van der Waals surface area contributed by atoms with Crippen LogP contribution in [0.3, 0.4) is 0 Å². The number of hydrogen-bond acceptors (Lipinski definition) is 5. The summed E-state index contributed by atoms with van der Waals surface area (Å²) in [5, 5.41) is 29.2. The van der Waals surface area contributed by atoms with Crippen molar-refractivity contribution in [2.75, 3.05) is 0 Å². The predicted octanol–water partition coefficient (Wildman–Crippen LogP) is 3.54. The number of carbonyl (C=O) groups is 1. The highest BCUT2D eigenvalue weighted by Crippen LogP contribution is 2.30. The number of aromatic hydroxyl groups is 3. The first-order valence-corrected chi connectivity index (χ1v) is 7.54. The van der Waals surface area contributed by atoms with Gasteiger partial charge in [-0.3, -0.25) is 0 Å². The van der Waals surface area contributed by atoms with Gasteiger partial charge in [-0.2, -0.15) is 0 Å². The number of hydrogen-bond donors (Lipinski definition) is 3. The molecule has 122 valence electrons. The van der Waals surface area contributed by atoms with E-state index < -0.39 is 5.97 Å². The number of esters is 1. The quantitative estimate of drug-likeness (QED) is 0.580. The predicted molar refractivity (Wildman–Crippen MR) is 86.2 cm³/mol. The van der Waals surface area contributed by atoms with Crippen molar-refractivity contribution in [1.82, 2.24) is 0 Å². The Labute approximate surface area is 134 Å². The molecule has 0 aliphatic heterocycles. The van der Waals surface area contributed by atoms with E-state index in [0.29, 0.717) is 18.4 Å². The number of ether oxygens (including phenoxy) is 1. The molecule has 2 rings (SSSR count). The van der Waals surface area contributed by atoms with Crippen molar-refractivity contribution in [3.8, 4) is 23.0 Å². The molecule has 0 radical (unpaired) electrons. The summed E-state index contributed by atoms with van der Waals surface area (Å²) >= 11 is 0. The molecule has 0 amide bonds. The molecule has 0 saturated heterocycles. The van der Waals surface area contributed by atoms with E-state index in [2.05, 4.69) is 0 Å². The Hall–Kier alpha value is -2.69. The lowest BCUT2D eigenvalue weighted by molar-refractivity contribution is 0.0730. The zero-order valence-corrected chi connectivity index (χ0v) is 13.2. The smallest absolute Gasteiger partial charge is 0.347 e. The average Bonchev–Trinajstić information content (AvgIpc) is 2.46. The lowest BCUT2D eigenvalue weighted by Crippen LogP contribution is -2.12. The van der Waals surface area contributed by atoms with Crippen molar-refractivity contribution < 1.29 is 24.9 Å². The summed E-state index contributed by atoms with van der Waals surface area (Å²) in [6.07, 6.45) is 1.95. The topological polar surface area (TPSA) is 87.0 Å². The van der Waals surface area contributed by atoms with Gasteiger partial charge in [-0.25, -0.2) is 4.79 Å². The van der Waals surface area contributed by atoms with E-state index in [4.69, 9.17) is 4.74 Å². The highest BCUT2D eigenvalue weighted by Gasteiger charge is 2.20. The van der Waals surface area contributed by atoms with Crippen LogP contribution in [0.25, 0.3) is 0 Å². The van der Waals surface area contributed by atoms with Crippen LogP contribution < -0.4 is 4.74 Å². The maximum absolute atomic E-state index is 12.4. The van der Waals surface area contributed by atoms with Gasteiger partial charge in [0.15, 0.2) is 0 Å². The Kier molecular flexibility index (Phi) is 5.11. The van der Waals surface area contributed by atoms with Crippen LogP contribution in [0.5, 0.6) is 23.0 Å². The van der Waals surface area contributed by atoms with Gasteiger partial charge >= 0.3 is 5.97 Å². The minimum absolute atomic E-state index is 0.0101. The minimum atomic E-state index is -0.724. The van der Waals surface area contributed by atoms with Gasteiger partial charge in [0.25, 0.3) is 0 Å². The van der Waals surface area contributed by atoms with Gasteiger partial charge in [0.05, 0.1) is 0 Å². The molecule has 0 aromatic heterocycles. The lowest BCUT2D eigenvalue weighted by Gasteiger charge is -2.12. The summed E-state index contributed by atoms with van der Waals surface area (Å²) in [5.74, 6) is -0.932. The highest BCUT2D eigenvalue weighted by molar-refractivity contribution is 5.95. The SMILES string of the molecule is CCCc1cc(O)cc(O)c1C(=O)Oc1cc(O)cc(CC)c1. The Morgan fingerprint density at radius 3 is 2.35 bits per heavy atom. The van der Waals surface area contributed by atoms with E-state index in [0.717, 1.165) is 18.1 Å². The molecule has 5 heteroatoms. The zero-order valence-electron chi connectivity index (χ0n) is 13.2. The largest absolute Gasteiger partial charge is 0.508 e. The van der Waals surface area contributed by atoms with Gasteiger partial charge in [-0.15, -0.1) is 0 Å². The molecule has 23 heavy (non-hydrogen) atoms. The van der Waals surface area contributed by atoms with Crippen molar-refractivity contribution in [3.05, 3.63) is 47.0 Å². The lowest BCUT2D eigenvalue weighted by atomic mass is 10.0. The molecule has 3 N–H and O–H groups in total. The van der Waals surface area contributed by atoms with E-state index in [1.807, 2.05) is 13.8 Å². The second-order valence-corrected chi connectivity index (χ2v) is 5.33. The van der Waals surface area contributed by atoms with E-state index >= 15 is 0 Å². The van der Waals surface area contributed by atoms with Crippen LogP contribution in [0.4, 0.5) is 0 Å². The van der Waals surface area contributed by atoms with Crippen molar-refractivity contribution in [2.45, 2.75) is 33.1 Å². The van der Waals surface area contributed by atoms with Crippen LogP contribution in [-0.4, -0.2) is 21.3 Å². The van der Waals surface area contributed by atoms with Crippen molar-refractivity contribution >= 4 is 5.97 Å². The van der Waals surface area contributed by atoms with Gasteiger partial charge in [-0.05, 0) is 42.2 Å². The third-order valence-corrected chi connectivity index (χ3v) is 3.48. The summed E-state index contributed by atoms with van der Waals surface area (Å²) in [4.78, 5) is 12.4. The zero-order chi connectivity index (χ0) is 17.0. The van der Waals surface area contributed by atoms with Gasteiger partial charge in [-0.1, -0.05) is 20.3 Å². The Morgan fingerprint density at radius 2 is 1.70 bits per heavy atom. The van der Waals surface area contributed by atoms with Crippen LogP contribution in [0.1, 0.15) is 41.8 Å². The molecule has 0 bridgehead atoms. The minimum Gasteiger partial charge on any atom is -0.508 e. The number of benzene rings is 2. The van der Waals surface area contributed by atoms with E-state index in [-0.39, 0.29) is 28.6 Å². The van der Waals surface area contributed by atoms with E-state index in [9.17, 15) is 20.1 Å². The maximum Gasteiger partial charge on any atom is 0.347 e. The average molecular weight is 316 g/mol. The molecule has 5 nitrogen and oxygen atoms in total. The summed E-state index contributed by atoms with van der Waals surface area (Å²) in [5.41, 5.74) is 1.38. The fraction of sp³-hybridized carbons (Fsp3) is 0.278. The molecule has 0 aliphatic rings. The molecule has 0 atom stereocenters. The fourth-order valence-electron chi connectivity index (χ4n) is 2.44. The number of rotatable bonds is 5. The molecule has 0 spiro atoms. The second kappa shape index (κ2) is 7.05. The molecule has 0 fully saturated rings. The van der Waals surface area contributed by atoms with Gasteiger partial charge < -0.3 is 20.1 Å². The fourth-order valence-corrected chi connectivity index (χ4v) is 2.44. The number of phenolic OH excluding ortho intramolecular Hbond substituents is 3. The van der Waals surface area contributed by atoms with Gasteiger partial charge in [0.1, 0.15) is 28.6 Å². The first-order chi connectivity index (χ1) is 10.9. The summed E-state index contributed by atoms with van der Waals surface area (Å²) < 4.78 is 5.29. The van der Waals surface area contributed by atoms with Crippen LogP contribution in [0.15, 0.2) is 30.3 Å². The first-order valence-electron chi connectivity index (χ1n) is 7.54. The Bertz CT molecular complexity index is 722. The summed E-state index contributed by atoms with van der Waals surface area (Å²) in [7, 11) is 0. The highest BCUT2D eigenvalue weighted by atomic mass is 16.5. The van der Waals surface area contributed by atoms with Crippen molar-refractivity contribution in [1.29, 1.82) is 0 Å². The Balaban J connectivity index is 2.36. The Morgan fingerprint density at radius 1 is 1.00 bits per heavy atom. The van der Waals surface area contributed by atoms with Crippen LogP contribution in [0.2, 0.25) is 0 Å². The summed E-state index contributed by atoms with van der Waals surface area (Å²) in [6.45, 7) is 3.85. The number of phenols is 3. The van der Waals surface area contributed by atoms with Crippen LogP contribution in [0, 0.1) is 0 Å². The maximum atomic E-state index is 12.4. The second-order valence-electron chi connectivity index (χ2n) is 5.33. The molecule has 0 saturated carbocycles. The third-order valence-electron chi connectivity index (χ3n) is 3.48. The molecular weight excluding hydrogens is 296 g/mol. The molecule has 0 heterocycles. The monoisotopic (exact) mass is 316 g/mol. The number of aryl methyl sites for hydroxylation is 2. The van der Waals surface area contributed by atoms with Gasteiger partial charge in [0, 0.05) is 12.1 Å². The molecule has 0 unspecified atom stereocenters. The normalized spacial score (nSPS) is 10.5. The third kappa shape index (κ3) is 3.94. The molecular formula is C18H20O5. The standard InChI is InChI=1S/C18H20O5/c1-3-5-12-8-14(20)10-16(21)17(12)18(22)23-15-7-11(4-2)6-13(19)9-15/h6-10,19-21H,3-5H2,1-2H3. The van der Waals surface area contributed by atoms with E-state index in [1.54, 1.807) is 12.1 Å². The molecule has 2 aromatic carbocycles. The molecule has 2 aromatic rings. The first kappa shape index (κ1) is 16.7. The number of carbonyl (C=O) groups excluding carboxylic acids is 1.